The van der Waals surface area contributed by atoms with Crippen molar-refractivity contribution in [2.24, 2.45) is 5.73 Å². The summed E-state index contributed by atoms with van der Waals surface area (Å²) in [6.07, 6.45) is 2.67. The van der Waals surface area contributed by atoms with Crippen LogP contribution < -0.4 is 22.3 Å². The lowest BCUT2D eigenvalue weighted by Gasteiger charge is -2.10. The van der Waals surface area contributed by atoms with Crippen LogP contribution in [0.2, 0.25) is 0 Å². The molecule has 3 aromatic heterocycles. The number of nitrogens with one attached hydrogen (secondary N) is 1. The quantitative estimate of drug-likeness (QED) is 0.475. The summed E-state index contributed by atoms with van der Waals surface area (Å²) in [5.74, 6) is -0.735. The van der Waals surface area contributed by atoms with E-state index in [1.54, 1.807) is 0 Å². The van der Waals surface area contributed by atoms with E-state index in [-0.39, 0.29) is 28.5 Å². The number of carbonyl (C=O) groups excluding carboxylic acids is 1. The van der Waals surface area contributed by atoms with Crippen molar-refractivity contribution in [2.45, 2.75) is 0 Å². The van der Waals surface area contributed by atoms with Crippen LogP contribution in [0.5, 0.6) is 0 Å². The fraction of sp³-hybridized carbons (Fsp3) is 0. The summed E-state index contributed by atoms with van der Waals surface area (Å²) in [7, 11) is 0. The monoisotopic (exact) mass is 380 g/mol. The summed E-state index contributed by atoms with van der Waals surface area (Å²) in [5, 5.41) is 10.8. The first-order chi connectivity index (χ1) is 13.4. The third-order valence-electron chi connectivity index (χ3n) is 3.94. The van der Waals surface area contributed by atoms with E-state index in [9.17, 15) is 14.0 Å². The van der Waals surface area contributed by atoms with Crippen LogP contribution in [0, 0.1) is 5.82 Å². The molecule has 0 atom stereocenters. The second kappa shape index (κ2) is 6.46. The highest BCUT2D eigenvalue weighted by atomic mass is 19.1. The van der Waals surface area contributed by atoms with Gasteiger partial charge in [0, 0.05) is 6.07 Å². The lowest BCUT2D eigenvalue weighted by molar-refractivity contribution is 0.100. The Morgan fingerprint density at radius 1 is 1.14 bits per heavy atom. The number of halogens is 1. The molecule has 0 unspecified atom stereocenters. The highest BCUT2D eigenvalue weighted by molar-refractivity contribution is 5.98. The fourth-order valence-corrected chi connectivity index (χ4v) is 2.64. The van der Waals surface area contributed by atoms with Gasteiger partial charge in [-0.25, -0.2) is 9.37 Å². The number of amides is 1. The van der Waals surface area contributed by atoms with E-state index in [0.717, 1.165) is 4.68 Å². The molecule has 3 heterocycles. The molecule has 0 spiro atoms. The summed E-state index contributed by atoms with van der Waals surface area (Å²) in [4.78, 5) is 28.5. The number of fused-ring (bicyclic) bond motifs is 1. The van der Waals surface area contributed by atoms with Crippen LogP contribution in [0.1, 0.15) is 10.4 Å². The first-order valence-corrected chi connectivity index (χ1v) is 7.99. The third-order valence-corrected chi connectivity index (χ3v) is 3.94. The molecule has 11 heteroatoms. The molecule has 1 aromatic carbocycles. The predicted octanol–water partition coefficient (Wildman–Crippen LogP) is 0.839. The molecule has 0 radical (unpaired) electrons. The van der Waals surface area contributed by atoms with Crippen molar-refractivity contribution in [3.05, 3.63) is 70.5 Å². The summed E-state index contributed by atoms with van der Waals surface area (Å²) < 4.78 is 15.5. The van der Waals surface area contributed by atoms with Gasteiger partial charge in [0.2, 0.25) is 0 Å². The fourth-order valence-electron chi connectivity index (χ4n) is 2.64. The van der Waals surface area contributed by atoms with E-state index < -0.39 is 17.3 Å². The smallest absolute Gasteiger partial charge is 0.295 e. The number of carbonyl (C=O) groups is 1. The summed E-state index contributed by atoms with van der Waals surface area (Å²) in [6.45, 7) is 0. The number of aromatic nitrogens is 5. The second-order valence-corrected chi connectivity index (χ2v) is 5.79. The Labute approximate surface area is 156 Å². The van der Waals surface area contributed by atoms with Crippen LogP contribution in [-0.4, -0.2) is 30.3 Å². The van der Waals surface area contributed by atoms with E-state index >= 15 is 0 Å². The van der Waals surface area contributed by atoms with Gasteiger partial charge in [0.25, 0.3) is 11.5 Å². The van der Waals surface area contributed by atoms with E-state index in [4.69, 9.17) is 11.5 Å². The highest BCUT2D eigenvalue weighted by Crippen LogP contribution is 2.19. The highest BCUT2D eigenvalue weighted by Gasteiger charge is 2.15. The van der Waals surface area contributed by atoms with Gasteiger partial charge in [-0.3, -0.25) is 9.59 Å². The van der Waals surface area contributed by atoms with Crippen LogP contribution in [0.25, 0.3) is 11.3 Å². The van der Waals surface area contributed by atoms with Gasteiger partial charge >= 0.3 is 0 Å². The van der Waals surface area contributed by atoms with Gasteiger partial charge < -0.3 is 16.8 Å². The van der Waals surface area contributed by atoms with E-state index in [1.807, 2.05) is 0 Å². The zero-order valence-electron chi connectivity index (χ0n) is 14.2. The van der Waals surface area contributed by atoms with Crippen LogP contribution in [0.15, 0.2) is 53.6 Å². The Kier molecular flexibility index (Phi) is 3.96. The minimum atomic E-state index is -0.707. The van der Waals surface area contributed by atoms with E-state index in [2.05, 4.69) is 20.5 Å². The van der Waals surface area contributed by atoms with Crippen LogP contribution in [0.4, 0.5) is 21.7 Å². The summed E-state index contributed by atoms with van der Waals surface area (Å²) in [6, 6.07) is 8.22. The Bertz CT molecular complexity index is 1260. The molecule has 5 N–H and O–H groups in total. The Morgan fingerprint density at radius 2 is 1.89 bits per heavy atom. The lowest BCUT2D eigenvalue weighted by Crippen LogP contribution is -2.23. The maximum atomic E-state index is 13.1. The standard InChI is InChI=1S/C17H13FN8O2/c18-9-1-3-10(4-2-9)25-17(28)12(5-6-21-25)23-14-7-13(19)26-16(24-14)11(8-22-26)15(20)27/h1-8H,19H2,(H2,20,27)(H,23,24). The Morgan fingerprint density at radius 3 is 2.61 bits per heavy atom. The van der Waals surface area contributed by atoms with Gasteiger partial charge in [0.15, 0.2) is 5.65 Å². The minimum absolute atomic E-state index is 0.0915. The molecule has 28 heavy (non-hydrogen) atoms. The topological polar surface area (TPSA) is 146 Å². The predicted molar refractivity (Wildman–Crippen MR) is 99.0 cm³/mol. The summed E-state index contributed by atoms with van der Waals surface area (Å²) in [5.41, 5.74) is 11.5. The average molecular weight is 380 g/mol. The van der Waals surface area contributed by atoms with Gasteiger partial charge in [-0.05, 0) is 30.3 Å². The molecule has 4 aromatic rings. The normalized spacial score (nSPS) is 10.9. The molecule has 1 amide bonds. The second-order valence-electron chi connectivity index (χ2n) is 5.79. The molecule has 0 saturated carbocycles. The van der Waals surface area contributed by atoms with Crippen LogP contribution in [0.3, 0.4) is 0 Å². The van der Waals surface area contributed by atoms with Crippen LogP contribution in [-0.2, 0) is 0 Å². The molecule has 0 aliphatic rings. The van der Waals surface area contributed by atoms with Crippen molar-refractivity contribution in [3.8, 4) is 5.69 Å². The molecule has 4 rings (SSSR count). The van der Waals surface area contributed by atoms with Crippen molar-refractivity contribution < 1.29 is 9.18 Å². The maximum Gasteiger partial charge on any atom is 0.295 e. The first-order valence-electron chi connectivity index (χ1n) is 7.99. The van der Waals surface area contributed by atoms with Gasteiger partial charge in [0.05, 0.1) is 18.1 Å². The van der Waals surface area contributed by atoms with Gasteiger partial charge in [0.1, 0.15) is 28.7 Å². The largest absolute Gasteiger partial charge is 0.383 e. The van der Waals surface area contributed by atoms with Crippen molar-refractivity contribution >= 4 is 28.9 Å². The van der Waals surface area contributed by atoms with Crippen molar-refractivity contribution in [2.75, 3.05) is 11.1 Å². The maximum absolute atomic E-state index is 13.1. The number of nitrogens with zero attached hydrogens (tertiary/aromatic N) is 5. The summed E-state index contributed by atoms with van der Waals surface area (Å²) >= 11 is 0. The number of nitrogen functional groups attached to an aromatic ring is 1. The SMILES string of the molecule is NC(=O)c1cnn2c(N)cc(Nc3ccnn(-c4ccc(F)cc4)c3=O)nc12. The molecule has 10 nitrogen and oxygen atoms in total. The molecule has 0 saturated heterocycles. The zero-order valence-corrected chi connectivity index (χ0v) is 14.2. The van der Waals surface area contributed by atoms with E-state index in [1.165, 1.54) is 53.3 Å². The number of hydrogen-bond donors (Lipinski definition) is 3. The van der Waals surface area contributed by atoms with Crippen molar-refractivity contribution in [1.29, 1.82) is 0 Å². The average Bonchev–Trinajstić information content (AvgIpc) is 3.09. The lowest BCUT2D eigenvalue weighted by atomic mass is 10.3. The number of benzene rings is 1. The minimum Gasteiger partial charge on any atom is -0.383 e. The van der Waals surface area contributed by atoms with Gasteiger partial charge in [-0.15, -0.1) is 0 Å². The number of hydrogen-bond acceptors (Lipinski definition) is 7. The molecule has 140 valence electrons. The molecule has 0 aliphatic heterocycles. The third kappa shape index (κ3) is 2.90. The van der Waals surface area contributed by atoms with Gasteiger partial charge in [-0.1, -0.05) is 0 Å². The first kappa shape index (κ1) is 17.1. The van der Waals surface area contributed by atoms with Gasteiger partial charge in [-0.2, -0.15) is 19.4 Å². The number of primary amides is 1. The Hall–Kier alpha value is -4.28. The Balaban J connectivity index is 1.76. The number of anilines is 3. The number of rotatable bonds is 4. The molecule has 0 fully saturated rings. The van der Waals surface area contributed by atoms with Crippen molar-refractivity contribution in [3.63, 3.8) is 0 Å². The molecule has 0 bridgehead atoms. The molecular weight excluding hydrogens is 367 g/mol. The van der Waals surface area contributed by atoms with E-state index in [0.29, 0.717) is 5.69 Å². The van der Waals surface area contributed by atoms with Crippen LogP contribution >= 0.6 is 0 Å². The zero-order chi connectivity index (χ0) is 19.8. The van der Waals surface area contributed by atoms with Crippen molar-refractivity contribution in [1.82, 2.24) is 24.4 Å². The molecular formula is C17H13FN8O2. The number of nitrogens with two attached hydrogens (primary N) is 2. The molecule has 0 aliphatic carbocycles.